The van der Waals surface area contributed by atoms with E-state index >= 15 is 0 Å². The predicted molar refractivity (Wildman–Crippen MR) is 87.6 cm³/mol. The Bertz CT molecular complexity index is 664. The summed E-state index contributed by atoms with van der Waals surface area (Å²) in [6.07, 6.45) is -0.652. The van der Waals surface area contributed by atoms with E-state index in [9.17, 15) is 14.4 Å². The maximum absolute atomic E-state index is 11.7. The summed E-state index contributed by atoms with van der Waals surface area (Å²) in [4.78, 5) is 41.8. The van der Waals surface area contributed by atoms with Gasteiger partial charge in [-0.05, 0) is 23.0 Å². The molecule has 0 aromatic carbocycles. The molecule has 0 rings (SSSR count). The lowest BCUT2D eigenvalue weighted by Crippen LogP contribution is -2.36. The van der Waals surface area contributed by atoms with Gasteiger partial charge in [0.1, 0.15) is 32.3 Å². The van der Waals surface area contributed by atoms with Crippen LogP contribution in [0.2, 0.25) is 0 Å². The van der Waals surface area contributed by atoms with Gasteiger partial charge < -0.3 is 14.2 Å². The molecule has 0 radical (unpaired) electrons. The van der Waals surface area contributed by atoms with Crippen LogP contribution in [-0.4, -0.2) is 56.9 Å². The highest BCUT2D eigenvalue weighted by molar-refractivity contribution is 5.73. The van der Waals surface area contributed by atoms with Gasteiger partial charge in [-0.2, -0.15) is 0 Å². The normalized spacial score (nSPS) is 11.4. The Kier molecular flexibility index (Phi) is 12.7. The molecular formula is C12H17N9O6. The van der Waals surface area contributed by atoms with E-state index in [1.165, 1.54) is 0 Å². The summed E-state index contributed by atoms with van der Waals surface area (Å²) in [6.45, 7) is -0.518. The van der Waals surface area contributed by atoms with Crippen LogP contribution in [0.15, 0.2) is 15.3 Å². The van der Waals surface area contributed by atoms with Crippen LogP contribution >= 0.6 is 0 Å². The molecule has 0 aliphatic carbocycles. The summed E-state index contributed by atoms with van der Waals surface area (Å²) in [7, 11) is 0. The maximum Gasteiger partial charge on any atom is 0.312 e. The van der Waals surface area contributed by atoms with Gasteiger partial charge in [0.25, 0.3) is 0 Å². The third-order valence-corrected chi connectivity index (χ3v) is 2.99. The van der Waals surface area contributed by atoms with Crippen molar-refractivity contribution in [3.05, 3.63) is 31.3 Å². The molecule has 0 aliphatic heterocycles. The zero-order valence-electron chi connectivity index (χ0n) is 14.4. The van der Waals surface area contributed by atoms with Gasteiger partial charge in [0.15, 0.2) is 0 Å². The molecule has 0 spiro atoms. The number of carbonyl (C=O) groups excluding carboxylic acids is 3. The SMILES string of the molecule is CCC(COC(=O)CN=[N+]=[N-])C(COC(=O)CN=[N+]=[N-])OC(=O)CN=[N+]=[N-]. The molecule has 0 bridgehead atoms. The molecule has 15 heteroatoms. The van der Waals surface area contributed by atoms with Crippen molar-refractivity contribution in [3.63, 3.8) is 0 Å². The third kappa shape index (κ3) is 11.5. The van der Waals surface area contributed by atoms with Crippen molar-refractivity contribution in [3.8, 4) is 0 Å². The fourth-order valence-electron chi connectivity index (χ4n) is 1.69. The topological polar surface area (TPSA) is 225 Å². The van der Waals surface area contributed by atoms with Crippen molar-refractivity contribution in [2.24, 2.45) is 21.3 Å². The van der Waals surface area contributed by atoms with E-state index in [4.69, 9.17) is 30.8 Å². The molecule has 27 heavy (non-hydrogen) atoms. The molecule has 146 valence electrons. The minimum Gasteiger partial charge on any atom is -0.465 e. The number of rotatable bonds is 13. The number of hydrogen-bond acceptors (Lipinski definition) is 9. The van der Waals surface area contributed by atoms with Gasteiger partial charge in [0.2, 0.25) is 0 Å². The molecule has 0 heterocycles. The highest BCUT2D eigenvalue weighted by Gasteiger charge is 2.27. The maximum atomic E-state index is 11.7. The first kappa shape index (κ1) is 23.3. The number of ether oxygens (including phenoxy) is 3. The minimum atomic E-state index is -1.02. The highest BCUT2D eigenvalue weighted by Crippen LogP contribution is 2.15. The Morgan fingerprint density at radius 2 is 1.26 bits per heavy atom. The first-order chi connectivity index (χ1) is 13.0. The first-order valence-electron chi connectivity index (χ1n) is 7.51. The summed E-state index contributed by atoms with van der Waals surface area (Å²) in [5.74, 6) is -3.07. The number of azide groups is 3. The van der Waals surface area contributed by atoms with Crippen LogP contribution in [0.3, 0.4) is 0 Å². The molecule has 0 aliphatic rings. The standard InChI is InChI=1S/C12H17N9O6/c1-2-8(6-25-10(22)3-16-19-13)9(27-12(24)5-18-21-15)7-26-11(23)4-17-20-14/h8-9H,2-7H2,1H3. The molecule has 0 fully saturated rings. The third-order valence-electron chi connectivity index (χ3n) is 2.99. The number of carbonyl (C=O) groups is 3. The van der Waals surface area contributed by atoms with Crippen molar-refractivity contribution >= 4 is 17.9 Å². The second-order valence-corrected chi connectivity index (χ2v) is 4.73. The van der Waals surface area contributed by atoms with Gasteiger partial charge in [0.05, 0.1) is 6.61 Å². The summed E-state index contributed by atoms with van der Waals surface area (Å²) in [5.41, 5.74) is 24.6. The second kappa shape index (κ2) is 14.7. The highest BCUT2D eigenvalue weighted by atomic mass is 16.6. The van der Waals surface area contributed by atoms with Gasteiger partial charge in [-0.15, -0.1) is 0 Å². The van der Waals surface area contributed by atoms with Crippen LogP contribution in [-0.2, 0) is 28.6 Å². The lowest BCUT2D eigenvalue weighted by molar-refractivity contribution is -0.164. The van der Waals surface area contributed by atoms with Crippen LogP contribution in [0.1, 0.15) is 13.3 Å². The Labute approximate surface area is 152 Å². The first-order valence-corrected chi connectivity index (χ1v) is 7.51. The van der Waals surface area contributed by atoms with Crippen molar-refractivity contribution in [1.29, 1.82) is 0 Å². The molecule has 0 saturated carbocycles. The fraction of sp³-hybridized carbons (Fsp3) is 0.750. The fourth-order valence-corrected chi connectivity index (χ4v) is 1.69. The molecule has 15 nitrogen and oxygen atoms in total. The lowest BCUT2D eigenvalue weighted by atomic mass is 10.0. The van der Waals surface area contributed by atoms with Gasteiger partial charge >= 0.3 is 17.9 Å². The Hall–Kier alpha value is -3.66. The van der Waals surface area contributed by atoms with Crippen LogP contribution in [0.5, 0.6) is 0 Å². The van der Waals surface area contributed by atoms with Gasteiger partial charge in [-0.1, -0.05) is 22.3 Å². The van der Waals surface area contributed by atoms with E-state index in [1.54, 1.807) is 6.92 Å². The van der Waals surface area contributed by atoms with Crippen molar-refractivity contribution < 1.29 is 28.6 Å². The molecule has 0 amide bonds. The Morgan fingerprint density at radius 1 is 0.815 bits per heavy atom. The van der Waals surface area contributed by atoms with Crippen LogP contribution in [0, 0.1) is 5.92 Å². The second-order valence-electron chi connectivity index (χ2n) is 4.73. The lowest BCUT2D eigenvalue weighted by Gasteiger charge is -2.25. The Balaban J connectivity index is 4.96. The predicted octanol–water partition coefficient (Wildman–Crippen LogP) is 1.94. The largest absolute Gasteiger partial charge is 0.465 e. The number of hydrogen-bond donors (Lipinski definition) is 0. The van der Waals surface area contributed by atoms with Crippen LogP contribution < -0.4 is 0 Å². The van der Waals surface area contributed by atoms with Gasteiger partial charge in [0, 0.05) is 20.7 Å². The number of esters is 3. The number of nitrogens with zero attached hydrogens (tertiary/aromatic N) is 9. The van der Waals surface area contributed by atoms with E-state index < -0.39 is 56.2 Å². The van der Waals surface area contributed by atoms with Crippen molar-refractivity contribution in [1.82, 2.24) is 0 Å². The average Bonchev–Trinajstić information content (AvgIpc) is 2.67. The summed E-state index contributed by atoms with van der Waals surface area (Å²) in [5, 5.41) is 9.16. The molecule has 2 unspecified atom stereocenters. The molecule has 0 aromatic heterocycles. The zero-order chi connectivity index (χ0) is 20.5. The van der Waals surface area contributed by atoms with E-state index in [2.05, 4.69) is 30.1 Å². The molecular weight excluding hydrogens is 366 g/mol. The summed E-state index contributed by atoms with van der Waals surface area (Å²) in [6, 6.07) is 0. The average molecular weight is 383 g/mol. The molecule has 0 N–H and O–H groups in total. The zero-order valence-corrected chi connectivity index (χ0v) is 14.4. The molecule has 2 atom stereocenters. The van der Waals surface area contributed by atoms with Gasteiger partial charge in [-0.3, -0.25) is 14.4 Å². The van der Waals surface area contributed by atoms with Crippen LogP contribution in [0.4, 0.5) is 0 Å². The smallest absolute Gasteiger partial charge is 0.312 e. The van der Waals surface area contributed by atoms with Crippen LogP contribution in [0.25, 0.3) is 31.3 Å². The van der Waals surface area contributed by atoms with Crippen molar-refractivity contribution in [2.75, 3.05) is 32.8 Å². The van der Waals surface area contributed by atoms with Gasteiger partial charge in [-0.25, -0.2) is 0 Å². The monoisotopic (exact) mass is 383 g/mol. The quantitative estimate of drug-likeness (QED) is 0.151. The van der Waals surface area contributed by atoms with Crippen molar-refractivity contribution in [2.45, 2.75) is 19.4 Å². The molecule has 0 saturated heterocycles. The molecule has 0 aromatic rings. The minimum absolute atomic E-state index is 0.205. The summed E-state index contributed by atoms with van der Waals surface area (Å²) < 4.78 is 14.9. The summed E-state index contributed by atoms with van der Waals surface area (Å²) >= 11 is 0. The van der Waals surface area contributed by atoms with E-state index in [-0.39, 0.29) is 6.61 Å². The Morgan fingerprint density at radius 3 is 1.70 bits per heavy atom. The van der Waals surface area contributed by atoms with E-state index in [0.717, 1.165) is 0 Å². The van der Waals surface area contributed by atoms with E-state index in [0.29, 0.717) is 6.42 Å². The van der Waals surface area contributed by atoms with E-state index in [1.807, 2.05) is 0 Å².